The van der Waals surface area contributed by atoms with Crippen LogP contribution in [0.2, 0.25) is 15.2 Å². The second-order valence-corrected chi connectivity index (χ2v) is 9.33. The van der Waals surface area contributed by atoms with Crippen molar-refractivity contribution in [1.82, 2.24) is 19.4 Å². The third-order valence-corrected chi connectivity index (χ3v) is 7.03. The molecule has 3 heterocycles. The van der Waals surface area contributed by atoms with E-state index in [2.05, 4.69) is 15.3 Å². The average molecular weight is 547 g/mol. The van der Waals surface area contributed by atoms with E-state index in [9.17, 15) is 18.0 Å². The number of rotatable bonds is 6. The summed E-state index contributed by atoms with van der Waals surface area (Å²) in [6.45, 7) is 1.32. The van der Waals surface area contributed by atoms with E-state index in [-0.39, 0.29) is 27.4 Å². The zero-order chi connectivity index (χ0) is 25.3. The van der Waals surface area contributed by atoms with Crippen molar-refractivity contribution >= 4 is 46.4 Å². The molecule has 6 nitrogen and oxygen atoms in total. The lowest BCUT2D eigenvalue weighted by atomic mass is 10.1. The molecule has 0 radical (unpaired) electrons. The first-order valence-corrected chi connectivity index (χ1v) is 11.9. The largest absolute Gasteiger partial charge is 0.389 e. The SMILES string of the molecule is Cn1c(C(=O)Nc2cccc(-c3ccnc(Cl)c3Cl)c2Cl)nc2c1CCN(CCCC(F)(F)F)C2. The van der Waals surface area contributed by atoms with Crippen molar-refractivity contribution < 1.29 is 18.0 Å². The lowest BCUT2D eigenvalue weighted by Crippen LogP contribution is -2.32. The first-order chi connectivity index (χ1) is 16.5. The van der Waals surface area contributed by atoms with Crippen LogP contribution in [0.3, 0.4) is 0 Å². The fourth-order valence-electron chi connectivity index (χ4n) is 4.12. The Hall–Kier alpha value is -2.33. The second-order valence-electron chi connectivity index (χ2n) is 8.22. The Kier molecular flexibility index (Phi) is 7.61. The van der Waals surface area contributed by atoms with Crippen molar-refractivity contribution in [3.05, 3.63) is 62.9 Å². The van der Waals surface area contributed by atoms with E-state index in [1.54, 1.807) is 35.9 Å². The maximum atomic E-state index is 13.1. The summed E-state index contributed by atoms with van der Waals surface area (Å²) < 4.78 is 39.1. The standard InChI is InChI=1S/C23H21Cl3F3N5O/c1-33-17-7-11-34(10-3-8-23(27,28)29)12-16(17)31-21(33)22(35)32-15-5-2-4-13(18(15)24)14-6-9-30-20(26)19(14)25/h2,4-6,9H,3,7-8,10-12H2,1H3,(H,32,35). The molecular weight excluding hydrogens is 526 g/mol. The fourth-order valence-corrected chi connectivity index (χ4v) is 4.77. The van der Waals surface area contributed by atoms with Gasteiger partial charge in [0, 0.05) is 56.0 Å². The molecule has 0 fully saturated rings. The first-order valence-electron chi connectivity index (χ1n) is 10.8. The third-order valence-electron chi connectivity index (χ3n) is 5.86. The fraction of sp³-hybridized carbons (Fsp3) is 0.348. The topological polar surface area (TPSA) is 63.1 Å². The Balaban J connectivity index is 1.51. The first kappa shape index (κ1) is 25.8. The number of amides is 1. The summed E-state index contributed by atoms with van der Waals surface area (Å²) in [6.07, 6.45) is -2.85. The smallest absolute Gasteiger partial charge is 0.327 e. The van der Waals surface area contributed by atoms with Crippen molar-refractivity contribution in [2.24, 2.45) is 7.05 Å². The van der Waals surface area contributed by atoms with E-state index in [1.165, 1.54) is 6.20 Å². The van der Waals surface area contributed by atoms with Crippen LogP contribution in [-0.2, 0) is 20.0 Å². The van der Waals surface area contributed by atoms with Gasteiger partial charge in [-0.05, 0) is 25.1 Å². The molecule has 1 amide bonds. The van der Waals surface area contributed by atoms with Crippen molar-refractivity contribution in [2.75, 3.05) is 18.4 Å². The summed E-state index contributed by atoms with van der Waals surface area (Å²) in [5.74, 6) is -0.262. The van der Waals surface area contributed by atoms with Gasteiger partial charge in [0.2, 0.25) is 0 Å². The van der Waals surface area contributed by atoms with Crippen LogP contribution in [0, 0.1) is 0 Å². The number of carbonyl (C=O) groups excluding carboxylic acids is 1. The van der Waals surface area contributed by atoms with Gasteiger partial charge >= 0.3 is 6.18 Å². The number of hydrogen-bond acceptors (Lipinski definition) is 4. The number of nitrogens with one attached hydrogen (secondary N) is 1. The number of fused-ring (bicyclic) bond motifs is 1. The molecule has 4 rings (SSSR count). The van der Waals surface area contributed by atoms with Crippen LogP contribution in [0.4, 0.5) is 18.9 Å². The number of halogens is 6. The van der Waals surface area contributed by atoms with Gasteiger partial charge in [0.1, 0.15) is 5.15 Å². The summed E-state index contributed by atoms with van der Waals surface area (Å²) in [5.41, 5.74) is 3.10. The van der Waals surface area contributed by atoms with Gasteiger partial charge in [-0.1, -0.05) is 46.9 Å². The average Bonchev–Trinajstić information content (AvgIpc) is 3.12. The molecule has 35 heavy (non-hydrogen) atoms. The minimum atomic E-state index is -4.16. The minimum Gasteiger partial charge on any atom is -0.327 e. The molecule has 0 saturated heterocycles. The second kappa shape index (κ2) is 10.3. The number of nitrogens with zero attached hydrogens (tertiary/aromatic N) is 4. The van der Waals surface area contributed by atoms with Crippen LogP contribution < -0.4 is 5.32 Å². The Morgan fingerprint density at radius 1 is 1.14 bits per heavy atom. The van der Waals surface area contributed by atoms with Gasteiger partial charge in [-0.25, -0.2) is 9.97 Å². The summed E-state index contributed by atoms with van der Waals surface area (Å²) in [5, 5.41) is 3.46. The molecule has 0 unspecified atom stereocenters. The number of aromatic nitrogens is 3. The van der Waals surface area contributed by atoms with Crippen LogP contribution in [0.5, 0.6) is 0 Å². The molecule has 0 spiro atoms. The van der Waals surface area contributed by atoms with E-state index < -0.39 is 18.5 Å². The molecule has 0 aliphatic carbocycles. The summed E-state index contributed by atoms with van der Waals surface area (Å²) >= 11 is 18.9. The van der Waals surface area contributed by atoms with E-state index in [1.807, 2.05) is 4.90 Å². The van der Waals surface area contributed by atoms with Gasteiger partial charge in [-0.3, -0.25) is 9.69 Å². The monoisotopic (exact) mass is 545 g/mol. The van der Waals surface area contributed by atoms with Gasteiger partial charge in [0.15, 0.2) is 5.82 Å². The normalized spacial score (nSPS) is 14.1. The minimum absolute atomic E-state index is 0.0283. The highest BCUT2D eigenvalue weighted by molar-refractivity contribution is 6.44. The number of hydrogen-bond donors (Lipinski definition) is 1. The van der Waals surface area contributed by atoms with Crippen LogP contribution in [-0.4, -0.2) is 44.6 Å². The Morgan fingerprint density at radius 2 is 1.89 bits per heavy atom. The van der Waals surface area contributed by atoms with Gasteiger partial charge in [-0.2, -0.15) is 13.2 Å². The number of anilines is 1. The van der Waals surface area contributed by atoms with Gasteiger partial charge in [-0.15, -0.1) is 0 Å². The number of carbonyl (C=O) groups is 1. The molecule has 3 aromatic rings. The molecule has 12 heteroatoms. The summed E-state index contributed by atoms with van der Waals surface area (Å²) in [4.78, 5) is 23.4. The predicted octanol–water partition coefficient (Wildman–Crippen LogP) is 6.40. The molecular formula is C23H21Cl3F3N5O. The highest BCUT2D eigenvalue weighted by atomic mass is 35.5. The molecule has 1 aromatic carbocycles. The Bertz CT molecular complexity index is 1260. The summed E-state index contributed by atoms with van der Waals surface area (Å²) in [6, 6.07) is 6.81. The predicted molar refractivity (Wildman–Crippen MR) is 130 cm³/mol. The van der Waals surface area contributed by atoms with Crippen molar-refractivity contribution in [1.29, 1.82) is 0 Å². The van der Waals surface area contributed by atoms with E-state index >= 15 is 0 Å². The van der Waals surface area contributed by atoms with Crippen molar-refractivity contribution in [3.63, 3.8) is 0 Å². The zero-order valence-electron chi connectivity index (χ0n) is 18.6. The maximum Gasteiger partial charge on any atom is 0.389 e. The van der Waals surface area contributed by atoms with Crippen molar-refractivity contribution in [3.8, 4) is 11.1 Å². The Labute approximate surface area is 215 Å². The van der Waals surface area contributed by atoms with Crippen LogP contribution in [0.25, 0.3) is 11.1 Å². The van der Waals surface area contributed by atoms with Gasteiger partial charge in [0.25, 0.3) is 5.91 Å². The molecule has 0 bridgehead atoms. The number of pyridine rings is 1. The van der Waals surface area contributed by atoms with Crippen LogP contribution in [0.1, 0.15) is 34.8 Å². The highest BCUT2D eigenvalue weighted by Gasteiger charge is 2.29. The molecule has 0 atom stereocenters. The molecule has 1 N–H and O–H groups in total. The number of alkyl halides is 3. The molecule has 1 aliphatic heterocycles. The quantitative estimate of drug-likeness (QED) is 0.364. The lowest BCUT2D eigenvalue weighted by molar-refractivity contribution is -0.136. The molecule has 1 aliphatic rings. The number of imidazole rings is 1. The van der Waals surface area contributed by atoms with Gasteiger partial charge < -0.3 is 9.88 Å². The van der Waals surface area contributed by atoms with E-state index in [4.69, 9.17) is 34.8 Å². The van der Waals surface area contributed by atoms with Crippen LogP contribution in [0.15, 0.2) is 30.5 Å². The zero-order valence-corrected chi connectivity index (χ0v) is 20.9. The van der Waals surface area contributed by atoms with E-state index in [0.717, 1.165) is 5.69 Å². The Morgan fingerprint density at radius 3 is 2.63 bits per heavy atom. The van der Waals surface area contributed by atoms with Crippen LogP contribution >= 0.6 is 34.8 Å². The molecule has 186 valence electrons. The van der Waals surface area contributed by atoms with E-state index in [0.29, 0.717) is 48.6 Å². The van der Waals surface area contributed by atoms with Gasteiger partial charge in [0.05, 0.1) is 21.4 Å². The molecule has 2 aromatic heterocycles. The van der Waals surface area contributed by atoms with Crippen molar-refractivity contribution in [2.45, 2.75) is 32.0 Å². The summed E-state index contributed by atoms with van der Waals surface area (Å²) in [7, 11) is 1.75. The third kappa shape index (κ3) is 5.74. The molecule has 0 saturated carbocycles. The maximum absolute atomic E-state index is 13.1. The highest BCUT2D eigenvalue weighted by Crippen LogP contribution is 2.39. The number of benzene rings is 1. The lowest BCUT2D eigenvalue weighted by Gasteiger charge is -2.26.